The van der Waals surface area contributed by atoms with Gasteiger partial charge < -0.3 is 15.2 Å². The van der Waals surface area contributed by atoms with Crippen LogP contribution in [-0.2, 0) is 24.2 Å². The number of aliphatic carboxylic acids is 1. The summed E-state index contributed by atoms with van der Waals surface area (Å²) >= 11 is 0. The van der Waals surface area contributed by atoms with Gasteiger partial charge in [-0.1, -0.05) is 6.92 Å². The second-order valence-corrected chi connectivity index (χ2v) is 8.89. The van der Waals surface area contributed by atoms with Crippen molar-refractivity contribution in [3.05, 3.63) is 65.9 Å². The first kappa shape index (κ1) is 22.9. The van der Waals surface area contributed by atoms with Crippen LogP contribution in [0.3, 0.4) is 0 Å². The molecule has 4 aromatic rings. The highest BCUT2D eigenvalue weighted by Crippen LogP contribution is 2.28. The molecule has 1 aliphatic rings. The molecule has 0 amide bonds. The van der Waals surface area contributed by atoms with Crippen LogP contribution < -0.4 is 10.1 Å². The number of rotatable bonds is 10. The monoisotopic (exact) mass is 474 g/mol. The van der Waals surface area contributed by atoms with E-state index in [2.05, 4.69) is 34.6 Å². The fourth-order valence-corrected chi connectivity index (χ4v) is 4.57. The molecule has 1 aliphatic heterocycles. The van der Waals surface area contributed by atoms with Crippen LogP contribution in [0.4, 0.5) is 5.69 Å². The number of aryl methyl sites for hydroxylation is 2. The molecular formula is C26H30N6O3. The van der Waals surface area contributed by atoms with Gasteiger partial charge in [-0.15, -0.1) is 0 Å². The Bertz CT molecular complexity index is 1330. The largest absolute Gasteiger partial charge is 0.493 e. The number of carboxylic acids is 1. The molecule has 0 saturated heterocycles. The van der Waals surface area contributed by atoms with Gasteiger partial charge in [0.05, 0.1) is 48.4 Å². The molecule has 1 unspecified atom stereocenters. The molecule has 35 heavy (non-hydrogen) atoms. The molecule has 9 heteroatoms. The molecule has 0 saturated carbocycles. The Morgan fingerprint density at radius 1 is 1.23 bits per heavy atom. The molecule has 182 valence electrons. The molecule has 0 bridgehead atoms. The molecule has 9 nitrogen and oxygen atoms in total. The number of hydrogen-bond donors (Lipinski definition) is 2. The lowest BCUT2D eigenvalue weighted by Crippen LogP contribution is -2.16. The Hall–Kier alpha value is -3.88. The quantitative estimate of drug-likeness (QED) is 0.357. The molecule has 1 aromatic carbocycles. The maximum Gasteiger partial charge on any atom is 0.305 e. The van der Waals surface area contributed by atoms with Crippen molar-refractivity contribution in [2.45, 2.75) is 51.6 Å². The number of carbonyl (C=O) groups is 1. The number of anilines is 1. The van der Waals surface area contributed by atoms with E-state index in [0.717, 1.165) is 78.1 Å². The number of fused-ring (bicyclic) bond motifs is 2. The third-order valence-electron chi connectivity index (χ3n) is 6.29. The van der Waals surface area contributed by atoms with E-state index in [1.807, 2.05) is 29.1 Å². The van der Waals surface area contributed by atoms with Gasteiger partial charge in [0.2, 0.25) is 0 Å². The van der Waals surface area contributed by atoms with Gasteiger partial charge in [-0.05, 0) is 49.6 Å². The van der Waals surface area contributed by atoms with Gasteiger partial charge >= 0.3 is 5.97 Å². The predicted molar refractivity (Wildman–Crippen MR) is 133 cm³/mol. The van der Waals surface area contributed by atoms with Crippen molar-refractivity contribution < 1.29 is 14.6 Å². The van der Waals surface area contributed by atoms with Crippen LogP contribution in [0.5, 0.6) is 5.75 Å². The summed E-state index contributed by atoms with van der Waals surface area (Å²) in [5.74, 6) is -0.129. The van der Waals surface area contributed by atoms with Gasteiger partial charge in [0.25, 0.3) is 0 Å². The van der Waals surface area contributed by atoms with Gasteiger partial charge in [-0.3, -0.25) is 19.1 Å². The van der Waals surface area contributed by atoms with E-state index in [1.165, 1.54) is 0 Å². The molecule has 2 N–H and O–H groups in total. The maximum absolute atomic E-state index is 11.6. The van der Waals surface area contributed by atoms with E-state index >= 15 is 0 Å². The highest BCUT2D eigenvalue weighted by molar-refractivity contribution is 5.81. The lowest BCUT2D eigenvalue weighted by molar-refractivity contribution is -0.137. The summed E-state index contributed by atoms with van der Waals surface area (Å²) in [5.41, 5.74) is 5.00. The van der Waals surface area contributed by atoms with Crippen LogP contribution in [-0.4, -0.2) is 48.8 Å². The summed E-state index contributed by atoms with van der Waals surface area (Å²) in [6.45, 7) is 4.41. The topological polar surface area (TPSA) is 107 Å². The number of aromatic nitrogens is 5. The summed E-state index contributed by atoms with van der Waals surface area (Å²) in [6.07, 6.45) is 9.14. The van der Waals surface area contributed by atoms with Crippen molar-refractivity contribution in [3.8, 4) is 5.75 Å². The van der Waals surface area contributed by atoms with E-state index < -0.39 is 12.0 Å². The number of benzene rings is 1. The van der Waals surface area contributed by atoms with Crippen LogP contribution in [0.25, 0.3) is 10.9 Å². The first-order chi connectivity index (χ1) is 17.1. The fraction of sp³-hybridized carbons (Fsp3) is 0.385. The second kappa shape index (κ2) is 10.2. The van der Waals surface area contributed by atoms with Crippen molar-refractivity contribution >= 4 is 22.6 Å². The lowest BCUT2D eigenvalue weighted by Gasteiger charge is -2.17. The lowest BCUT2D eigenvalue weighted by atomic mass is 10.1. The van der Waals surface area contributed by atoms with E-state index in [0.29, 0.717) is 6.61 Å². The van der Waals surface area contributed by atoms with Crippen molar-refractivity contribution in [2.75, 3.05) is 18.5 Å². The van der Waals surface area contributed by atoms with Crippen LogP contribution >= 0.6 is 0 Å². The minimum absolute atomic E-state index is 0.0733. The van der Waals surface area contributed by atoms with Crippen molar-refractivity contribution in [1.82, 2.24) is 24.5 Å². The standard InChI is InChI=1S/C26H30N6O3/c1-2-11-31-17-19(16-28-31)25(14-26(33)34)32-24-8-6-21(13-18(24)15-29-32)35-12-9-20-5-7-22-23(30-20)4-3-10-27-22/h5-8,13,15-17,25,27H,2-4,9-12,14H2,1H3,(H,33,34). The summed E-state index contributed by atoms with van der Waals surface area (Å²) < 4.78 is 9.62. The Labute approximate surface area is 203 Å². The van der Waals surface area contributed by atoms with Crippen molar-refractivity contribution in [1.29, 1.82) is 0 Å². The van der Waals surface area contributed by atoms with Crippen molar-refractivity contribution in [3.63, 3.8) is 0 Å². The number of carboxylic acid groups (broad SMARTS) is 1. The third-order valence-corrected chi connectivity index (χ3v) is 6.29. The summed E-state index contributed by atoms with van der Waals surface area (Å²) in [5, 5.41) is 22.7. The van der Waals surface area contributed by atoms with Crippen LogP contribution in [0.1, 0.15) is 49.2 Å². The Kier molecular flexibility index (Phi) is 6.65. The average molecular weight is 475 g/mol. The molecule has 0 aliphatic carbocycles. The van der Waals surface area contributed by atoms with E-state index in [1.54, 1.807) is 17.1 Å². The molecule has 1 atom stereocenters. The van der Waals surface area contributed by atoms with E-state index in [4.69, 9.17) is 9.72 Å². The zero-order valence-corrected chi connectivity index (χ0v) is 19.9. The summed E-state index contributed by atoms with van der Waals surface area (Å²) in [6, 6.07) is 9.51. The van der Waals surface area contributed by atoms with Crippen molar-refractivity contribution in [2.24, 2.45) is 0 Å². The highest BCUT2D eigenvalue weighted by Gasteiger charge is 2.22. The molecule has 0 fully saturated rings. The number of pyridine rings is 1. The molecular weight excluding hydrogens is 444 g/mol. The minimum Gasteiger partial charge on any atom is -0.493 e. The Morgan fingerprint density at radius 2 is 2.14 bits per heavy atom. The SMILES string of the molecule is CCCn1cc(C(CC(=O)O)n2ncc3cc(OCCc4ccc5c(n4)CCCN5)ccc32)cn1. The molecule has 4 heterocycles. The first-order valence-electron chi connectivity index (χ1n) is 12.2. The number of ether oxygens (including phenoxy) is 1. The minimum atomic E-state index is -0.881. The van der Waals surface area contributed by atoms with Crippen LogP contribution in [0.15, 0.2) is 48.9 Å². The van der Waals surface area contributed by atoms with Crippen LogP contribution in [0, 0.1) is 0 Å². The Morgan fingerprint density at radius 3 is 3.00 bits per heavy atom. The molecule has 0 spiro atoms. The summed E-state index contributed by atoms with van der Waals surface area (Å²) in [4.78, 5) is 16.4. The van der Waals surface area contributed by atoms with Gasteiger partial charge in [0.15, 0.2) is 0 Å². The highest BCUT2D eigenvalue weighted by atomic mass is 16.5. The Balaban J connectivity index is 1.30. The van der Waals surface area contributed by atoms with Gasteiger partial charge in [0.1, 0.15) is 5.75 Å². The van der Waals surface area contributed by atoms with Crippen LogP contribution in [0.2, 0.25) is 0 Å². The predicted octanol–water partition coefficient (Wildman–Crippen LogP) is 4.08. The van der Waals surface area contributed by atoms with E-state index in [-0.39, 0.29) is 6.42 Å². The van der Waals surface area contributed by atoms with Gasteiger partial charge in [-0.25, -0.2) is 0 Å². The number of nitrogens with zero attached hydrogens (tertiary/aromatic N) is 5. The van der Waals surface area contributed by atoms with Gasteiger partial charge in [0, 0.05) is 42.4 Å². The first-order valence-corrected chi connectivity index (χ1v) is 12.2. The second-order valence-electron chi connectivity index (χ2n) is 8.89. The van der Waals surface area contributed by atoms with E-state index in [9.17, 15) is 9.90 Å². The molecule has 5 rings (SSSR count). The average Bonchev–Trinajstić information content (AvgIpc) is 3.50. The summed E-state index contributed by atoms with van der Waals surface area (Å²) in [7, 11) is 0. The zero-order chi connectivity index (χ0) is 24.2. The number of hydrogen-bond acceptors (Lipinski definition) is 6. The third kappa shape index (κ3) is 5.13. The van der Waals surface area contributed by atoms with Gasteiger partial charge in [-0.2, -0.15) is 10.2 Å². The molecule has 0 radical (unpaired) electrons. The smallest absolute Gasteiger partial charge is 0.305 e. The fourth-order valence-electron chi connectivity index (χ4n) is 4.57. The number of nitrogens with one attached hydrogen (secondary N) is 1. The molecule has 3 aromatic heterocycles. The maximum atomic E-state index is 11.6. The normalized spacial score (nSPS) is 13.9. The zero-order valence-electron chi connectivity index (χ0n) is 19.9.